The molecule has 182 valence electrons. The molecule has 2 heteroatoms. The van der Waals surface area contributed by atoms with Crippen molar-refractivity contribution in [3.8, 4) is 0 Å². The second-order valence-electron chi connectivity index (χ2n) is 14.9. The molecule has 0 heterocycles. The molecule has 0 aromatic heterocycles. The van der Waals surface area contributed by atoms with Gasteiger partial charge in [-0.2, -0.15) is 0 Å². The summed E-state index contributed by atoms with van der Waals surface area (Å²) in [5.74, 6) is 2.78. The zero-order valence-corrected chi connectivity index (χ0v) is 22.1. The number of carboxylic acids is 1. The fraction of sp³-hybridized carbons (Fsp3) is 0.967. The van der Waals surface area contributed by atoms with Crippen molar-refractivity contribution in [3.63, 3.8) is 0 Å². The first-order valence-electron chi connectivity index (χ1n) is 14.0. The van der Waals surface area contributed by atoms with E-state index in [0.717, 1.165) is 24.2 Å². The van der Waals surface area contributed by atoms with Crippen molar-refractivity contribution in [2.24, 2.45) is 62.6 Å². The summed E-state index contributed by atoms with van der Waals surface area (Å²) >= 11 is 0. The summed E-state index contributed by atoms with van der Waals surface area (Å²) in [6.07, 6.45) is 14.9. The summed E-state index contributed by atoms with van der Waals surface area (Å²) in [6.45, 7) is 17.9. The molecule has 0 aromatic carbocycles. The van der Waals surface area contributed by atoms with E-state index in [1.807, 2.05) is 6.92 Å². The van der Waals surface area contributed by atoms with Gasteiger partial charge in [-0.15, -0.1) is 0 Å². The summed E-state index contributed by atoms with van der Waals surface area (Å²) in [6, 6.07) is 0. The number of aliphatic carboxylic acids is 1. The van der Waals surface area contributed by atoms with Crippen molar-refractivity contribution in [1.82, 2.24) is 0 Å². The standard InChI is InChI=1S/C30H50O2/c1-19(25(31)32)20-11-16-27(4)21(20)12-17-29(6)23(27)9-10-24-28(5)15-8-14-26(2,3)22(28)13-18-30(24,29)7/h19-24H,8-18H2,1-7H3,(H,31,32)/t19-,20-,21+,22-,23-,24-,27+,28+,29-,30-/m1/s1. The van der Waals surface area contributed by atoms with Gasteiger partial charge in [0.1, 0.15) is 0 Å². The van der Waals surface area contributed by atoms with E-state index in [-0.39, 0.29) is 5.92 Å². The zero-order valence-electron chi connectivity index (χ0n) is 22.1. The first-order valence-corrected chi connectivity index (χ1v) is 14.0. The van der Waals surface area contributed by atoms with Crippen LogP contribution in [-0.2, 0) is 4.79 Å². The first kappa shape index (κ1) is 23.2. The lowest BCUT2D eigenvalue weighted by Crippen LogP contribution is -2.65. The number of rotatable bonds is 2. The average Bonchev–Trinajstić information content (AvgIpc) is 3.04. The highest BCUT2D eigenvalue weighted by molar-refractivity contribution is 5.70. The SMILES string of the molecule is C[C@@H](C(=O)O)[C@H]1CC[C@]2(C)[C@H]3CC[C@@H]4[C@@]5(C)CCCC(C)(C)[C@H]5CC[C@@]4(C)[C@]3(C)CC[C@@H]12. The van der Waals surface area contributed by atoms with Gasteiger partial charge in [0, 0.05) is 0 Å². The van der Waals surface area contributed by atoms with Crippen LogP contribution in [0.3, 0.4) is 0 Å². The second-order valence-corrected chi connectivity index (χ2v) is 14.9. The van der Waals surface area contributed by atoms with Gasteiger partial charge in [0.2, 0.25) is 0 Å². The zero-order chi connectivity index (χ0) is 23.3. The Bertz CT molecular complexity index is 786. The maximum Gasteiger partial charge on any atom is 0.306 e. The van der Waals surface area contributed by atoms with Crippen molar-refractivity contribution in [1.29, 1.82) is 0 Å². The first-order chi connectivity index (χ1) is 14.8. The molecule has 1 N–H and O–H groups in total. The summed E-state index contributed by atoms with van der Waals surface area (Å²) in [5.41, 5.74) is 2.22. The highest BCUT2D eigenvalue weighted by atomic mass is 16.4. The van der Waals surface area contributed by atoms with Gasteiger partial charge >= 0.3 is 5.97 Å². The Labute approximate surface area is 197 Å². The number of carbonyl (C=O) groups is 1. The Morgan fingerprint density at radius 2 is 1.31 bits per heavy atom. The molecule has 5 fully saturated rings. The van der Waals surface area contributed by atoms with Gasteiger partial charge in [-0.25, -0.2) is 0 Å². The molecule has 5 saturated carbocycles. The third-order valence-electron chi connectivity index (χ3n) is 13.8. The number of hydrogen-bond acceptors (Lipinski definition) is 1. The van der Waals surface area contributed by atoms with Crippen LogP contribution in [0, 0.1) is 62.6 Å². The van der Waals surface area contributed by atoms with Crippen LogP contribution < -0.4 is 0 Å². The molecule has 0 radical (unpaired) electrons. The molecule has 0 amide bonds. The lowest BCUT2D eigenvalue weighted by Gasteiger charge is -2.73. The smallest absolute Gasteiger partial charge is 0.306 e. The molecule has 5 rings (SSSR count). The molecule has 32 heavy (non-hydrogen) atoms. The van der Waals surface area contributed by atoms with Crippen molar-refractivity contribution < 1.29 is 9.90 Å². The van der Waals surface area contributed by atoms with Crippen LogP contribution in [0.5, 0.6) is 0 Å². The van der Waals surface area contributed by atoms with Gasteiger partial charge in [0.15, 0.2) is 0 Å². The molecule has 5 aliphatic carbocycles. The fourth-order valence-electron chi connectivity index (χ4n) is 12.1. The molecular weight excluding hydrogens is 392 g/mol. The maximum absolute atomic E-state index is 11.9. The topological polar surface area (TPSA) is 37.3 Å². The summed E-state index contributed by atoms with van der Waals surface area (Å²) < 4.78 is 0. The minimum atomic E-state index is -0.575. The molecule has 0 saturated heterocycles. The molecule has 0 aromatic rings. The third-order valence-corrected chi connectivity index (χ3v) is 13.8. The fourth-order valence-corrected chi connectivity index (χ4v) is 12.1. The third kappa shape index (κ3) is 2.73. The lowest BCUT2D eigenvalue weighted by atomic mass is 9.32. The Morgan fingerprint density at radius 3 is 1.94 bits per heavy atom. The van der Waals surface area contributed by atoms with E-state index in [9.17, 15) is 9.90 Å². The van der Waals surface area contributed by atoms with E-state index in [1.165, 1.54) is 64.2 Å². The average molecular weight is 443 g/mol. The van der Waals surface area contributed by atoms with Crippen LogP contribution in [-0.4, -0.2) is 11.1 Å². The quantitative estimate of drug-likeness (QED) is 0.468. The Morgan fingerprint density at radius 1 is 0.719 bits per heavy atom. The van der Waals surface area contributed by atoms with Crippen LogP contribution in [0.15, 0.2) is 0 Å². The van der Waals surface area contributed by atoms with Crippen molar-refractivity contribution in [2.75, 3.05) is 0 Å². The largest absolute Gasteiger partial charge is 0.481 e. The molecule has 0 unspecified atom stereocenters. The molecule has 10 atom stereocenters. The number of hydrogen-bond donors (Lipinski definition) is 1. The predicted octanol–water partition coefficient (Wildman–Crippen LogP) is 8.20. The van der Waals surface area contributed by atoms with Gasteiger partial charge in [0.05, 0.1) is 5.92 Å². The van der Waals surface area contributed by atoms with E-state index in [0.29, 0.717) is 38.9 Å². The minimum absolute atomic E-state index is 0.183. The van der Waals surface area contributed by atoms with E-state index in [2.05, 4.69) is 41.5 Å². The van der Waals surface area contributed by atoms with Crippen LogP contribution in [0.2, 0.25) is 0 Å². The second kappa shape index (κ2) is 7.00. The van der Waals surface area contributed by atoms with Crippen molar-refractivity contribution in [2.45, 2.75) is 119 Å². The van der Waals surface area contributed by atoms with Gasteiger partial charge in [-0.05, 0) is 121 Å². The Balaban J connectivity index is 1.50. The van der Waals surface area contributed by atoms with E-state index < -0.39 is 5.97 Å². The molecular formula is C30H50O2. The normalized spacial score (nSPS) is 55.2. The molecule has 0 spiro atoms. The van der Waals surface area contributed by atoms with Gasteiger partial charge in [-0.1, -0.05) is 54.9 Å². The molecule has 5 aliphatic rings. The van der Waals surface area contributed by atoms with Crippen LogP contribution in [0.25, 0.3) is 0 Å². The number of carboxylic acid groups (broad SMARTS) is 1. The predicted molar refractivity (Wildman–Crippen MR) is 131 cm³/mol. The van der Waals surface area contributed by atoms with Crippen molar-refractivity contribution >= 4 is 5.97 Å². The van der Waals surface area contributed by atoms with Crippen LogP contribution in [0.1, 0.15) is 119 Å². The van der Waals surface area contributed by atoms with Crippen LogP contribution >= 0.6 is 0 Å². The Hall–Kier alpha value is -0.530. The monoisotopic (exact) mass is 442 g/mol. The van der Waals surface area contributed by atoms with Gasteiger partial charge in [-0.3, -0.25) is 4.79 Å². The Kier molecular flexibility index (Phi) is 5.08. The van der Waals surface area contributed by atoms with E-state index >= 15 is 0 Å². The van der Waals surface area contributed by atoms with E-state index in [4.69, 9.17) is 0 Å². The van der Waals surface area contributed by atoms with Crippen LogP contribution in [0.4, 0.5) is 0 Å². The number of fused-ring (bicyclic) bond motifs is 7. The molecule has 2 nitrogen and oxygen atoms in total. The van der Waals surface area contributed by atoms with Gasteiger partial charge in [0.25, 0.3) is 0 Å². The van der Waals surface area contributed by atoms with Gasteiger partial charge < -0.3 is 5.11 Å². The lowest BCUT2D eigenvalue weighted by molar-refractivity contribution is -0.241. The van der Waals surface area contributed by atoms with E-state index in [1.54, 1.807) is 0 Å². The highest BCUT2D eigenvalue weighted by Crippen LogP contribution is 2.78. The molecule has 0 aliphatic heterocycles. The summed E-state index contributed by atoms with van der Waals surface area (Å²) in [4.78, 5) is 11.9. The highest BCUT2D eigenvalue weighted by Gasteiger charge is 2.70. The summed E-state index contributed by atoms with van der Waals surface area (Å²) in [7, 11) is 0. The maximum atomic E-state index is 11.9. The van der Waals surface area contributed by atoms with Crippen molar-refractivity contribution in [3.05, 3.63) is 0 Å². The minimum Gasteiger partial charge on any atom is -0.481 e. The molecule has 0 bridgehead atoms. The summed E-state index contributed by atoms with van der Waals surface area (Å²) in [5, 5.41) is 9.78.